The maximum absolute atomic E-state index is 12.5. The standard InChI is InChI=1S/C27H25N3O4S2/c1-20-7-11-22(12-8-20)29-15-17-30(18-16-29)27-28-26(31)25(35-27)19-21-9-13-23(14-10-21)34-36(32,33)24-5-3-2-4-6-24/h2-14,19H,15-18H2,1H3. The van der Waals surface area contributed by atoms with Crippen molar-refractivity contribution < 1.29 is 17.4 Å². The van der Waals surface area contributed by atoms with Crippen LogP contribution in [0.1, 0.15) is 11.1 Å². The highest BCUT2D eigenvalue weighted by atomic mass is 32.2. The third kappa shape index (κ3) is 5.47. The molecule has 1 amide bonds. The molecule has 1 saturated heterocycles. The summed E-state index contributed by atoms with van der Waals surface area (Å²) < 4.78 is 30.0. The van der Waals surface area contributed by atoms with Crippen LogP contribution in [0.5, 0.6) is 5.75 Å². The Labute approximate surface area is 215 Å². The molecule has 0 atom stereocenters. The minimum absolute atomic E-state index is 0.0912. The number of hydrogen-bond acceptors (Lipinski definition) is 7. The Morgan fingerprint density at radius 1 is 0.861 bits per heavy atom. The minimum atomic E-state index is -3.90. The molecule has 0 N–H and O–H groups in total. The number of benzene rings is 3. The molecule has 2 aliphatic rings. The number of anilines is 1. The SMILES string of the molecule is Cc1ccc(N2CCN(C3=NC(=O)C(=Cc4ccc(OS(=O)(=O)c5ccccc5)cc4)S3)CC2)cc1. The number of aryl methyl sites for hydroxylation is 1. The predicted molar refractivity (Wildman–Crippen MR) is 144 cm³/mol. The van der Waals surface area contributed by atoms with Gasteiger partial charge in [-0.2, -0.15) is 13.4 Å². The second-order valence-electron chi connectivity index (χ2n) is 8.54. The first-order valence-electron chi connectivity index (χ1n) is 11.6. The van der Waals surface area contributed by atoms with Gasteiger partial charge >= 0.3 is 10.1 Å². The van der Waals surface area contributed by atoms with Gasteiger partial charge in [0.05, 0.1) is 4.91 Å². The van der Waals surface area contributed by atoms with Gasteiger partial charge in [-0.1, -0.05) is 48.0 Å². The monoisotopic (exact) mass is 519 g/mol. The Morgan fingerprint density at radius 3 is 2.17 bits per heavy atom. The van der Waals surface area contributed by atoms with Crippen molar-refractivity contribution in [3.05, 3.63) is 94.9 Å². The summed E-state index contributed by atoms with van der Waals surface area (Å²) in [7, 11) is -3.90. The molecule has 0 bridgehead atoms. The Bertz CT molecular complexity index is 1410. The minimum Gasteiger partial charge on any atom is -0.379 e. The van der Waals surface area contributed by atoms with E-state index in [4.69, 9.17) is 4.18 Å². The Balaban J connectivity index is 1.19. The molecule has 5 rings (SSSR count). The van der Waals surface area contributed by atoms with Gasteiger partial charge < -0.3 is 14.0 Å². The van der Waals surface area contributed by atoms with Crippen LogP contribution in [0.4, 0.5) is 5.69 Å². The molecule has 0 spiro atoms. The van der Waals surface area contributed by atoms with Gasteiger partial charge in [0.1, 0.15) is 10.6 Å². The molecule has 0 aromatic heterocycles. The maximum atomic E-state index is 12.5. The molecule has 0 unspecified atom stereocenters. The van der Waals surface area contributed by atoms with Gasteiger partial charge in [0, 0.05) is 31.9 Å². The number of amidine groups is 1. The van der Waals surface area contributed by atoms with Gasteiger partial charge in [0.2, 0.25) is 0 Å². The highest BCUT2D eigenvalue weighted by Crippen LogP contribution is 2.31. The highest BCUT2D eigenvalue weighted by molar-refractivity contribution is 8.18. The van der Waals surface area contributed by atoms with Crippen LogP contribution >= 0.6 is 11.8 Å². The number of hydrogen-bond donors (Lipinski definition) is 0. The van der Waals surface area contributed by atoms with Crippen molar-refractivity contribution >= 4 is 44.7 Å². The normalized spacial score (nSPS) is 17.4. The third-order valence-corrected chi connectivity index (χ3v) is 8.28. The number of rotatable bonds is 5. The first-order chi connectivity index (χ1) is 17.4. The second-order valence-corrected chi connectivity index (χ2v) is 11.1. The van der Waals surface area contributed by atoms with Gasteiger partial charge in [-0.05, 0) is 66.7 Å². The number of nitrogens with zero attached hydrogens (tertiary/aromatic N) is 3. The molecule has 36 heavy (non-hydrogen) atoms. The topological polar surface area (TPSA) is 79.3 Å². The first kappa shape index (κ1) is 24.1. The van der Waals surface area contributed by atoms with Crippen molar-refractivity contribution in [3.8, 4) is 5.75 Å². The average Bonchev–Trinajstić information content (AvgIpc) is 3.26. The number of carbonyl (C=O) groups excluding carboxylic acids is 1. The van der Waals surface area contributed by atoms with Crippen molar-refractivity contribution in [3.63, 3.8) is 0 Å². The lowest BCUT2D eigenvalue weighted by Crippen LogP contribution is -2.47. The van der Waals surface area contributed by atoms with Crippen LogP contribution in [0.2, 0.25) is 0 Å². The van der Waals surface area contributed by atoms with Crippen LogP contribution in [0.3, 0.4) is 0 Å². The summed E-state index contributed by atoms with van der Waals surface area (Å²) in [6.07, 6.45) is 1.77. The fourth-order valence-electron chi connectivity index (χ4n) is 3.98. The Kier molecular flexibility index (Phi) is 6.84. The number of carbonyl (C=O) groups is 1. The Morgan fingerprint density at radius 2 is 1.50 bits per heavy atom. The molecule has 2 aliphatic heterocycles. The van der Waals surface area contributed by atoms with E-state index in [2.05, 4.69) is 46.0 Å². The van der Waals surface area contributed by atoms with E-state index in [1.165, 1.54) is 35.1 Å². The molecule has 3 aromatic carbocycles. The maximum Gasteiger partial charge on any atom is 0.339 e. The van der Waals surface area contributed by atoms with Gasteiger partial charge in [0.25, 0.3) is 5.91 Å². The first-order valence-corrected chi connectivity index (χ1v) is 13.8. The molecule has 0 saturated carbocycles. The smallest absolute Gasteiger partial charge is 0.339 e. The molecule has 9 heteroatoms. The lowest BCUT2D eigenvalue weighted by molar-refractivity contribution is -0.113. The van der Waals surface area contributed by atoms with Crippen LogP contribution in [0.25, 0.3) is 6.08 Å². The fraction of sp³-hybridized carbons (Fsp3) is 0.185. The van der Waals surface area contributed by atoms with Gasteiger partial charge in [0.15, 0.2) is 5.17 Å². The quantitative estimate of drug-likeness (QED) is 0.361. The van der Waals surface area contributed by atoms with Crippen molar-refractivity contribution in [1.29, 1.82) is 0 Å². The number of aliphatic imine (C=N–C) groups is 1. The molecule has 184 valence electrons. The van der Waals surface area contributed by atoms with Gasteiger partial charge in [-0.3, -0.25) is 4.79 Å². The number of thioether (sulfide) groups is 1. The molecule has 0 radical (unpaired) electrons. The summed E-state index contributed by atoms with van der Waals surface area (Å²) in [5.74, 6) is -0.0577. The van der Waals surface area contributed by atoms with E-state index in [9.17, 15) is 13.2 Å². The molecule has 0 aliphatic carbocycles. The van der Waals surface area contributed by atoms with E-state index in [-0.39, 0.29) is 16.6 Å². The zero-order chi connectivity index (χ0) is 25.1. The van der Waals surface area contributed by atoms with Gasteiger partial charge in [-0.15, -0.1) is 0 Å². The summed E-state index contributed by atoms with van der Waals surface area (Å²) in [4.78, 5) is 21.9. The van der Waals surface area contributed by atoms with Crippen molar-refractivity contribution in [2.45, 2.75) is 11.8 Å². The van der Waals surface area contributed by atoms with Crippen molar-refractivity contribution in [2.24, 2.45) is 4.99 Å². The predicted octanol–water partition coefficient (Wildman–Crippen LogP) is 4.56. The molecule has 3 aromatic rings. The summed E-state index contributed by atoms with van der Waals surface area (Å²) in [6, 6.07) is 23.1. The lowest BCUT2D eigenvalue weighted by Gasteiger charge is -2.36. The summed E-state index contributed by atoms with van der Waals surface area (Å²) >= 11 is 1.37. The average molecular weight is 520 g/mol. The van der Waals surface area contributed by atoms with E-state index in [0.717, 1.165) is 36.9 Å². The van der Waals surface area contributed by atoms with Crippen LogP contribution in [-0.2, 0) is 14.9 Å². The number of piperazine rings is 1. The zero-order valence-electron chi connectivity index (χ0n) is 19.7. The second kappa shape index (κ2) is 10.2. The molecule has 1 fully saturated rings. The summed E-state index contributed by atoms with van der Waals surface area (Å²) in [6.45, 7) is 5.40. The molecular weight excluding hydrogens is 494 g/mol. The largest absolute Gasteiger partial charge is 0.379 e. The van der Waals surface area contributed by atoms with Gasteiger partial charge in [-0.25, -0.2) is 0 Å². The van der Waals surface area contributed by atoms with E-state index < -0.39 is 10.1 Å². The summed E-state index contributed by atoms with van der Waals surface area (Å²) in [5, 5.41) is 0.726. The van der Waals surface area contributed by atoms with Crippen LogP contribution in [-0.4, -0.2) is 50.6 Å². The number of amides is 1. The fourth-order valence-corrected chi connectivity index (χ4v) is 5.89. The van der Waals surface area contributed by atoms with Crippen molar-refractivity contribution in [1.82, 2.24) is 4.90 Å². The van der Waals surface area contributed by atoms with Crippen LogP contribution in [0.15, 0.2) is 93.7 Å². The van der Waals surface area contributed by atoms with E-state index in [1.54, 1.807) is 48.5 Å². The molecule has 2 heterocycles. The van der Waals surface area contributed by atoms with Crippen molar-refractivity contribution in [2.75, 3.05) is 31.1 Å². The molecular formula is C27H25N3O4S2. The van der Waals surface area contributed by atoms with Crippen LogP contribution < -0.4 is 9.08 Å². The third-order valence-electron chi connectivity index (χ3n) is 5.97. The zero-order valence-corrected chi connectivity index (χ0v) is 21.3. The molecule has 7 nitrogen and oxygen atoms in total. The van der Waals surface area contributed by atoms with E-state index >= 15 is 0 Å². The van der Waals surface area contributed by atoms with E-state index in [1.807, 2.05) is 0 Å². The highest BCUT2D eigenvalue weighted by Gasteiger charge is 2.28. The lowest BCUT2D eigenvalue weighted by atomic mass is 10.2. The summed E-state index contributed by atoms with van der Waals surface area (Å²) in [5.41, 5.74) is 3.21. The van der Waals surface area contributed by atoms with E-state index in [0.29, 0.717) is 4.91 Å². The Hall–Kier alpha value is -3.56. The van der Waals surface area contributed by atoms with Crippen LogP contribution in [0, 0.1) is 6.92 Å².